The van der Waals surface area contributed by atoms with Crippen LogP contribution in [0.2, 0.25) is 0 Å². The van der Waals surface area contributed by atoms with Crippen molar-refractivity contribution >= 4 is 18.0 Å². The van der Waals surface area contributed by atoms with Crippen molar-refractivity contribution < 1.29 is 4.39 Å². The highest BCUT2D eigenvalue weighted by atomic mass is 19.1. The van der Waals surface area contributed by atoms with E-state index in [0.717, 1.165) is 42.3 Å². The van der Waals surface area contributed by atoms with E-state index in [4.69, 9.17) is 0 Å². The van der Waals surface area contributed by atoms with E-state index in [1.807, 2.05) is 19.2 Å². The van der Waals surface area contributed by atoms with Crippen LogP contribution in [-0.2, 0) is 0 Å². The molecule has 2 rings (SSSR count). The van der Waals surface area contributed by atoms with Gasteiger partial charge >= 0.3 is 0 Å². The maximum atomic E-state index is 13.7. The third-order valence-electron chi connectivity index (χ3n) is 5.16. The number of anilines is 1. The summed E-state index contributed by atoms with van der Waals surface area (Å²) in [6, 6.07) is 4.82. The zero-order chi connectivity index (χ0) is 19.8. The summed E-state index contributed by atoms with van der Waals surface area (Å²) in [7, 11) is 0. The summed E-state index contributed by atoms with van der Waals surface area (Å²) in [6.07, 6.45) is 8.92. The molecule has 0 radical (unpaired) electrons. The molecule has 27 heavy (non-hydrogen) atoms. The Hall–Kier alpha value is -2.36. The molecule has 1 aromatic carbocycles. The zero-order valence-electron chi connectivity index (χ0n) is 16.9. The lowest BCUT2D eigenvalue weighted by Crippen LogP contribution is -2.44. The van der Waals surface area contributed by atoms with Gasteiger partial charge in [0.25, 0.3) is 0 Å². The number of benzene rings is 1. The van der Waals surface area contributed by atoms with E-state index in [-0.39, 0.29) is 5.82 Å². The van der Waals surface area contributed by atoms with Crippen LogP contribution in [0, 0.1) is 11.7 Å². The normalized spacial score (nSPS) is 17.8. The molecule has 1 aliphatic rings. The zero-order valence-corrected chi connectivity index (χ0v) is 16.9. The minimum atomic E-state index is -0.256. The van der Waals surface area contributed by atoms with E-state index >= 15 is 0 Å². The Kier molecular flexibility index (Phi) is 7.83. The summed E-state index contributed by atoms with van der Waals surface area (Å²) in [4.78, 5) is 8.89. The number of piperazine rings is 1. The van der Waals surface area contributed by atoms with Gasteiger partial charge in [-0.3, -0.25) is 4.99 Å². The Morgan fingerprint density at radius 3 is 2.70 bits per heavy atom. The Morgan fingerprint density at radius 2 is 2.07 bits per heavy atom. The lowest BCUT2D eigenvalue weighted by atomic mass is 9.99. The van der Waals surface area contributed by atoms with Crippen molar-refractivity contribution in [3.8, 4) is 0 Å². The van der Waals surface area contributed by atoms with E-state index in [2.05, 4.69) is 41.8 Å². The molecule has 1 heterocycles. The molecule has 4 heteroatoms. The molecule has 1 unspecified atom stereocenters. The fourth-order valence-corrected chi connectivity index (χ4v) is 3.61. The molecule has 0 spiro atoms. The second-order valence-electron chi connectivity index (χ2n) is 6.94. The van der Waals surface area contributed by atoms with Gasteiger partial charge in [0, 0.05) is 37.1 Å². The molecule has 1 atom stereocenters. The van der Waals surface area contributed by atoms with Crippen LogP contribution in [0.15, 0.2) is 53.9 Å². The molecular formula is C23H32FN3. The number of aliphatic imine (C=N–C) groups is 1. The highest BCUT2D eigenvalue weighted by Crippen LogP contribution is 2.33. The molecule has 0 N–H and O–H groups in total. The van der Waals surface area contributed by atoms with Crippen molar-refractivity contribution in [2.75, 3.05) is 24.5 Å². The van der Waals surface area contributed by atoms with Crippen LogP contribution in [0.3, 0.4) is 0 Å². The molecule has 146 valence electrons. The van der Waals surface area contributed by atoms with Gasteiger partial charge in [-0.1, -0.05) is 45.9 Å². The second-order valence-corrected chi connectivity index (χ2v) is 6.94. The average molecular weight is 370 g/mol. The Balaban J connectivity index is 2.34. The number of nitrogens with zero attached hydrogens (tertiary/aromatic N) is 3. The van der Waals surface area contributed by atoms with E-state index < -0.39 is 0 Å². The van der Waals surface area contributed by atoms with Crippen molar-refractivity contribution in [3.63, 3.8) is 0 Å². The predicted octanol–water partition coefficient (Wildman–Crippen LogP) is 5.86. The maximum absolute atomic E-state index is 13.7. The summed E-state index contributed by atoms with van der Waals surface area (Å²) in [6.45, 7) is 17.3. The van der Waals surface area contributed by atoms with Crippen molar-refractivity contribution in [2.24, 2.45) is 10.9 Å². The first-order valence-corrected chi connectivity index (χ1v) is 9.87. The van der Waals surface area contributed by atoms with Gasteiger partial charge in [-0.15, -0.1) is 0 Å². The highest BCUT2D eigenvalue weighted by Gasteiger charge is 2.27. The summed E-state index contributed by atoms with van der Waals surface area (Å²) in [5.41, 5.74) is 3.64. The van der Waals surface area contributed by atoms with Gasteiger partial charge in [-0.25, -0.2) is 4.39 Å². The second kappa shape index (κ2) is 10.1. The van der Waals surface area contributed by atoms with Gasteiger partial charge in [0.2, 0.25) is 0 Å². The van der Waals surface area contributed by atoms with Gasteiger partial charge in [0.05, 0.1) is 17.6 Å². The van der Waals surface area contributed by atoms with E-state index in [1.54, 1.807) is 12.3 Å². The molecule has 0 saturated carbocycles. The highest BCUT2D eigenvalue weighted by molar-refractivity contribution is 5.71. The van der Waals surface area contributed by atoms with Crippen LogP contribution in [0.25, 0.3) is 6.08 Å². The number of hydrogen-bond acceptors (Lipinski definition) is 3. The molecule has 3 nitrogen and oxygen atoms in total. The largest absolute Gasteiger partial charge is 0.368 e. The molecule has 0 amide bonds. The van der Waals surface area contributed by atoms with Gasteiger partial charge in [-0.2, -0.15) is 0 Å². The van der Waals surface area contributed by atoms with Gasteiger partial charge < -0.3 is 9.80 Å². The van der Waals surface area contributed by atoms with Crippen LogP contribution in [0.4, 0.5) is 10.1 Å². The first kappa shape index (κ1) is 20.9. The predicted molar refractivity (Wildman–Crippen MR) is 115 cm³/mol. The summed E-state index contributed by atoms with van der Waals surface area (Å²) < 4.78 is 13.7. The quantitative estimate of drug-likeness (QED) is 0.534. The van der Waals surface area contributed by atoms with Crippen LogP contribution in [0.5, 0.6) is 0 Å². The van der Waals surface area contributed by atoms with E-state index in [9.17, 15) is 4.39 Å². The van der Waals surface area contributed by atoms with Crippen LogP contribution >= 0.6 is 0 Å². The fraction of sp³-hybridized carbons (Fsp3) is 0.435. The number of halogens is 1. The Bertz CT molecular complexity index is 720. The number of hydrogen-bond donors (Lipinski definition) is 0. The lowest BCUT2D eigenvalue weighted by Gasteiger charge is -2.42. The van der Waals surface area contributed by atoms with Gasteiger partial charge in [-0.05, 0) is 37.5 Å². The van der Waals surface area contributed by atoms with Crippen LogP contribution in [0.1, 0.15) is 45.6 Å². The lowest BCUT2D eigenvalue weighted by molar-refractivity contribution is 0.266. The van der Waals surface area contributed by atoms with Crippen molar-refractivity contribution in [1.82, 2.24) is 4.90 Å². The third kappa shape index (κ3) is 5.09. The van der Waals surface area contributed by atoms with Crippen molar-refractivity contribution in [2.45, 2.75) is 40.0 Å². The fourth-order valence-electron chi connectivity index (χ4n) is 3.61. The molecule has 1 fully saturated rings. The van der Waals surface area contributed by atoms with Crippen LogP contribution in [-0.4, -0.2) is 30.7 Å². The molecule has 1 aromatic rings. The monoisotopic (exact) mass is 369 g/mol. The molecule has 1 saturated heterocycles. The molecule has 0 bridgehead atoms. The first-order valence-electron chi connectivity index (χ1n) is 9.87. The molecule has 1 aliphatic heterocycles. The average Bonchev–Trinajstić information content (AvgIpc) is 2.68. The standard InChI is InChI=1S/C23H32FN3/c1-6-10-19(7-2)17-26-13-14-27(23(18(26)5)16-25-9-4)22-12-11-21(24)15-20(22)8-3/h8-9,11-12,15-16,19H,3,5-7,10,13-14,17H2,1-2,4H3/b23-16+,25-9-. The van der Waals surface area contributed by atoms with Gasteiger partial charge in [0.15, 0.2) is 0 Å². The van der Waals surface area contributed by atoms with Gasteiger partial charge in [0.1, 0.15) is 5.82 Å². The van der Waals surface area contributed by atoms with Crippen molar-refractivity contribution in [1.29, 1.82) is 0 Å². The maximum Gasteiger partial charge on any atom is 0.123 e. The SMILES string of the molecule is C=Cc1cc(F)ccc1N1CCN(CC(CC)CCC)C(=C)/C1=C\N=C/C. The smallest absolute Gasteiger partial charge is 0.123 e. The Labute approximate surface area is 163 Å². The summed E-state index contributed by atoms with van der Waals surface area (Å²) in [5, 5.41) is 0. The summed E-state index contributed by atoms with van der Waals surface area (Å²) >= 11 is 0. The van der Waals surface area contributed by atoms with Crippen molar-refractivity contribution in [3.05, 3.63) is 60.3 Å². The Morgan fingerprint density at radius 1 is 1.30 bits per heavy atom. The minimum Gasteiger partial charge on any atom is -0.368 e. The number of rotatable bonds is 8. The summed E-state index contributed by atoms with van der Waals surface area (Å²) in [5.74, 6) is 0.414. The molecule has 0 aliphatic carbocycles. The van der Waals surface area contributed by atoms with E-state index in [0.29, 0.717) is 5.92 Å². The topological polar surface area (TPSA) is 18.8 Å². The van der Waals surface area contributed by atoms with E-state index in [1.165, 1.54) is 31.4 Å². The third-order valence-corrected chi connectivity index (χ3v) is 5.16. The first-order chi connectivity index (χ1) is 13.0. The minimum absolute atomic E-state index is 0.256. The molecular weight excluding hydrogens is 337 g/mol. The van der Waals surface area contributed by atoms with Crippen LogP contribution < -0.4 is 4.90 Å². The molecule has 0 aromatic heterocycles.